The SMILES string of the molecule is CCc1ccc(-c2noc(COC(=O)CN3C(=O)N[C@@](C)(C4CC4)C3=O)n2)cc1. The molecule has 0 spiro atoms. The first-order chi connectivity index (χ1) is 13.9. The minimum Gasteiger partial charge on any atom is -0.454 e. The number of aromatic nitrogens is 2. The van der Waals surface area contributed by atoms with Gasteiger partial charge in [0.1, 0.15) is 12.1 Å². The molecule has 4 rings (SSSR count). The van der Waals surface area contributed by atoms with Crippen molar-refractivity contribution >= 4 is 17.9 Å². The Kier molecular flexibility index (Phi) is 4.81. The van der Waals surface area contributed by atoms with Crippen molar-refractivity contribution < 1.29 is 23.6 Å². The lowest BCUT2D eigenvalue weighted by Gasteiger charge is -2.20. The third kappa shape index (κ3) is 3.72. The predicted molar refractivity (Wildman–Crippen MR) is 100 cm³/mol. The molecule has 1 aromatic heterocycles. The maximum atomic E-state index is 12.5. The highest BCUT2D eigenvalue weighted by Crippen LogP contribution is 2.42. The minimum atomic E-state index is -0.925. The molecule has 152 valence electrons. The van der Waals surface area contributed by atoms with Crippen LogP contribution in [0.3, 0.4) is 0 Å². The Labute approximate surface area is 167 Å². The van der Waals surface area contributed by atoms with Crippen molar-refractivity contribution in [1.82, 2.24) is 20.4 Å². The van der Waals surface area contributed by atoms with Crippen LogP contribution in [0.5, 0.6) is 0 Å². The van der Waals surface area contributed by atoms with E-state index in [0.717, 1.165) is 29.7 Å². The zero-order valence-electron chi connectivity index (χ0n) is 16.3. The molecule has 1 aromatic carbocycles. The van der Waals surface area contributed by atoms with Crippen molar-refractivity contribution in [3.63, 3.8) is 0 Å². The van der Waals surface area contributed by atoms with Crippen molar-refractivity contribution in [2.75, 3.05) is 6.54 Å². The molecule has 0 unspecified atom stereocenters. The summed E-state index contributed by atoms with van der Waals surface area (Å²) in [5, 5.41) is 6.58. The van der Waals surface area contributed by atoms with Gasteiger partial charge in [0.2, 0.25) is 5.82 Å². The van der Waals surface area contributed by atoms with E-state index in [0.29, 0.717) is 5.82 Å². The Morgan fingerprint density at radius 1 is 1.31 bits per heavy atom. The topological polar surface area (TPSA) is 115 Å². The summed E-state index contributed by atoms with van der Waals surface area (Å²) in [7, 11) is 0. The van der Waals surface area contributed by atoms with Crippen molar-refractivity contribution in [2.45, 2.75) is 45.3 Å². The molecule has 0 bridgehead atoms. The molecular formula is C20H22N4O5. The molecule has 2 fully saturated rings. The summed E-state index contributed by atoms with van der Waals surface area (Å²) in [6.07, 6.45) is 2.72. The molecule has 9 heteroatoms. The first-order valence-corrected chi connectivity index (χ1v) is 9.62. The molecular weight excluding hydrogens is 376 g/mol. The van der Waals surface area contributed by atoms with E-state index in [4.69, 9.17) is 9.26 Å². The number of hydrogen-bond donors (Lipinski definition) is 1. The van der Waals surface area contributed by atoms with Crippen LogP contribution < -0.4 is 5.32 Å². The molecule has 1 aliphatic carbocycles. The number of nitrogens with one attached hydrogen (secondary N) is 1. The molecule has 9 nitrogen and oxygen atoms in total. The molecule has 1 atom stereocenters. The van der Waals surface area contributed by atoms with Gasteiger partial charge in [-0.25, -0.2) is 4.79 Å². The maximum absolute atomic E-state index is 12.5. The molecule has 2 aromatic rings. The van der Waals surface area contributed by atoms with Gasteiger partial charge in [-0.3, -0.25) is 14.5 Å². The third-order valence-corrected chi connectivity index (χ3v) is 5.43. The third-order valence-electron chi connectivity index (χ3n) is 5.43. The number of rotatable bonds is 7. The number of carbonyl (C=O) groups is 3. The van der Waals surface area contributed by atoms with Gasteiger partial charge in [-0.2, -0.15) is 4.98 Å². The molecule has 1 aliphatic heterocycles. The monoisotopic (exact) mass is 398 g/mol. The first kappa shape index (κ1) is 19.1. The van der Waals surface area contributed by atoms with Crippen LogP contribution in [-0.4, -0.2) is 45.0 Å². The van der Waals surface area contributed by atoms with Crippen LogP contribution in [0.4, 0.5) is 4.79 Å². The normalized spacial score (nSPS) is 21.4. The summed E-state index contributed by atoms with van der Waals surface area (Å²) < 4.78 is 10.2. The predicted octanol–water partition coefficient (Wildman–Crippen LogP) is 2.06. The maximum Gasteiger partial charge on any atom is 0.326 e. The molecule has 1 saturated heterocycles. The Balaban J connectivity index is 1.32. The van der Waals surface area contributed by atoms with E-state index in [2.05, 4.69) is 22.4 Å². The average molecular weight is 398 g/mol. The number of amides is 3. The van der Waals surface area contributed by atoms with Crippen LogP contribution in [0.15, 0.2) is 28.8 Å². The molecule has 0 radical (unpaired) electrons. The van der Waals surface area contributed by atoms with Gasteiger partial charge in [0.05, 0.1) is 0 Å². The fourth-order valence-electron chi connectivity index (χ4n) is 3.43. The molecule has 29 heavy (non-hydrogen) atoms. The van der Waals surface area contributed by atoms with Gasteiger partial charge in [0.15, 0.2) is 6.61 Å². The average Bonchev–Trinajstić information content (AvgIpc) is 3.44. The Hall–Kier alpha value is -3.23. The Morgan fingerprint density at radius 3 is 2.69 bits per heavy atom. The Bertz CT molecular complexity index is 950. The zero-order valence-corrected chi connectivity index (χ0v) is 16.3. The van der Waals surface area contributed by atoms with Crippen LogP contribution in [0.1, 0.15) is 38.1 Å². The zero-order chi connectivity index (χ0) is 20.6. The Morgan fingerprint density at radius 2 is 2.03 bits per heavy atom. The highest BCUT2D eigenvalue weighted by atomic mass is 16.6. The van der Waals surface area contributed by atoms with Crippen molar-refractivity contribution in [3.05, 3.63) is 35.7 Å². The van der Waals surface area contributed by atoms with E-state index < -0.39 is 30.0 Å². The largest absolute Gasteiger partial charge is 0.454 e. The van der Waals surface area contributed by atoms with Crippen LogP contribution in [0.2, 0.25) is 0 Å². The van der Waals surface area contributed by atoms with Crippen molar-refractivity contribution in [1.29, 1.82) is 0 Å². The summed E-state index contributed by atoms with van der Waals surface area (Å²) >= 11 is 0. The van der Waals surface area contributed by atoms with Crippen LogP contribution in [0.25, 0.3) is 11.4 Å². The van der Waals surface area contributed by atoms with Crippen molar-refractivity contribution in [2.24, 2.45) is 5.92 Å². The molecule has 1 N–H and O–H groups in total. The fourth-order valence-corrected chi connectivity index (χ4v) is 3.43. The number of nitrogens with zero attached hydrogens (tertiary/aromatic N) is 3. The number of benzene rings is 1. The summed E-state index contributed by atoms with van der Waals surface area (Å²) in [4.78, 5) is 41.9. The lowest BCUT2D eigenvalue weighted by atomic mass is 9.96. The van der Waals surface area contributed by atoms with Crippen LogP contribution in [0, 0.1) is 5.92 Å². The number of imide groups is 1. The first-order valence-electron chi connectivity index (χ1n) is 9.62. The molecule has 2 heterocycles. The number of aryl methyl sites for hydroxylation is 1. The van der Waals surface area contributed by atoms with E-state index in [1.54, 1.807) is 6.92 Å². The van der Waals surface area contributed by atoms with E-state index in [-0.39, 0.29) is 18.4 Å². The van der Waals surface area contributed by atoms with Gasteiger partial charge in [-0.1, -0.05) is 36.3 Å². The van der Waals surface area contributed by atoms with E-state index in [1.165, 1.54) is 5.56 Å². The van der Waals surface area contributed by atoms with Crippen LogP contribution >= 0.6 is 0 Å². The number of urea groups is 1. The lowest BCUT2D eigenvalue weighted by molar-refractivity contribution is -0.149. The summed E-state index contributed by atoms with van der Waals surface area (Å²) in [6, 6.07) is 7.19. The summed E-state index contributed by atoms with van der Waals surface area (Å²) in [5.41, 5.74) is 1.07. The van der Waals surface area contributed by atoms with Gasteiger partial charge in [-0.15, -0.1) is 0 Å². The van der Waals surface area contributed by atoms with Gasteiger partial charge < -0.3 is 14.6 Å². The quantitative estimate of drug-likeness (QED) is 0.561. The molecule has 2 aliphatic rings. The fraction of sp³-hybridized carbons (Fsp3) is 0.450. The van der Waals surface area contributed by atoms with Gasteiger partial charge in [-0.05, 0) is 37.7 Å². The highest BCUT2D eigenvalue weighted by molar-refractivity contribution is 6.08. The smallest absolute Gasteiger partial charge is 0.326 e. The summed E-state index contributed by atoms with van der Waals surface area (Å²) in [6.45, 7) is 3.08. The van der Waals surface area contributed by atoms with Crippen LogP contribution in [-0.2, 0) is 27.4 Å². The van der Waals surface area contributed by atoms with Gasteiger partial charge in [0, 0.05) is 5.56 Å². The standard InChI is InChI=1S/C20H22N4O5/c1-3-12-4-6-13(7-5-12)17-21-15(29-23-17)11-28-16(25)10-24-18(26)20(2,14-8-9-14)22-19(24)27/h4-7,14H,3,8-11H2,1-2H3,(H,22,27)/t20-/m0/s1. The number of carbonyl (C=O) groups excluding carboxylic acids is 3. The number of esters is 1. The van der Waals surface area contributed by atoms with E-state index in [1.807, 2.05) is 24.3 Å². The second-order valence-corrected chi connectivity index (χ2v) is 7.52. The second-order valence-electron chi connectivity index (χ2n) is 7.52. The van der Waals surface area contributed by atoms with E-state index >= 15 is 0 Å². The molecule has 1 saturated carbocycles. The van der Waals surface area contributed by atoms with E-state index in [9.17, 15) is 14.4 Å². The molecule has 3 amide bonds. The lowest BCUT2D eigenvalue weighted by Crippen LogP contribution is -2.46. The number of ether oxygens (including phenoxy) is 1. The highest BCUT2D eigenvalue weighted by Gasteiger charge is 2.56. The van der Waals surface area contributed by atoms with Gasteiger partial charge >= 0.3 is 12.0 Å². The van der Waals surface area contributed by atoms with Crippen molar-refractivity contribution in [3.8, 4) is 11.4 Å². The second kappa shape index (κ2) is 7.31. The van der Waals surface area contributed by atoms with Gasteiger partial charge in [0.25, 0.3) is 11.8 Å². The summed E-state index contributed by atoms with van der Waals surface area (Å²) in [5.74, 6) is -0.456. The minimum absolute atomic E-state index is 0.128. The number of hydrogen-bond acceptors (Lipinski definition) is 7.